The van der Waals surface area contributed by atoms with Crippen LogP contribution in [0, 0.1) is 18.7 Å². The molecule has 1 fully saturated rings. The summed E-state index contributed by atoms with van der Waals surface area (Å²) in [5, 5.41) is 9.11. The first-order valence-electron chi connectivity index (χ1n) is 7.47. The lowest BCUT2D eigenvalue weighted by molar-refractivity contribution is 0.0911. The minimum Gasteiger partial charge on any atom is -0.373 e. The third kappa shape index (κ3) is 3.87. The maximum absolute atomic E-state index is 13.0. The second-order valence-corrected chi connectivity index (χ2v) is 5.55. The molecule has 0 aliphatic carbocycles. The zero-order valence-corrected chi connectivity index (χ0v) is 12.7. The van der Waals surface area contributed by atoms with Gasteiger partial charge in [0.1, 0.15) is 11.6 Å². The molecule has 23 heavy (non-hydrogen) atoms. The summed E-state index contributed by atoms with van der Waals surface area (Å²) in [6, 6.07) is 7.57. The van der Waals surface area contributed by atoms with Gasteiger partial charge in [0.25, 0.3) is 0 Å². The van der Waals surface area contributed by atoms with Gasteiger partial charge in [0.05, 0.1) is 6.10 Å². The van der Waals surface area contributed by atoms with Crippen molar-refractivity contribution in [2.45, 2.75) is 19.4 Å². The lowest BCUT2D eigenvalue weighted by Crippen LogP contribution is -2.34. The number of rotatable bonds is 4. The number of carbonyl (C=O) groups excluding carboxylic acids is 1. The molecule has 0 spiro atoms. The third-order valence-corrected chi connectivity index (χ3v) is 3.81. The predicted molar refractivity (Wildman–Crippen MR) is 81.5 cm³/mol. The minimum absolute atomic E-state index is 0.134. The van der Waals surface area contributed by atoms with Gasteiger partial charge in [-0.1, -0.05) is 17.3 Å². The summed E-state index contributed by atoms with van der Waals surface area (Å²) in [6.45, 7) is 2.84. The van der Waals surface area contributed by atoms with E-state index in [0.29, 0.717) is 24.7 Å². The SMILES string of the molecule is Cc1cc(NC(=O)NC[C@@H]2CCO[C@H]2c2ccc(F)cc2)no1. The van der Waals surface area contributed by atoms with Crippen LogP contribution >= 0.6 is 0 Å². The molecule has 1 saturated heterocycles. The van der Waals surface area contributed by atoms with Crippen molar-refractivity contribution in [3.63, 3.8) is 0 Å². The molecule has 0 saturated carbocycles. The quantitative estimate of drug-likeness (QED) is 0.908. The van der Waals surface area contributed by atoms with Gasteiger partial charge in [-0.15, -0.1) is 0 Å². The van der Waals surface area contributed by atoms with Crippen LogP contribution in [0.2, 0.25) is 0 Å². The zero-order chi connectivity index (χ0) is 16.2. The van der Waals surface area contributed by atoms with Crippen LogP contribution in [0.4, 0.5) is 15.0 Å². The van der Waals surface area contributed by atoms with E-state index in [4.69, 9.17) is 9.26 Å². The average molecular weight is 319 g/mol. The summed E-state index contributed by atoms with van der Waals surface area (Å²) < 4.78 is 23.6. The number of ether oxygens (including phenoxy) is 1. The molecule has 2 amide bonds. The van der Waals surface area contributed by atoms with Crippen molar-refractivity contribution in [3.8, 4) is 0 Å². The van der Waals surface area contributed by atoms with E-state index in [0.717, 1.165) is 12.0 Å². The molecular weight excluding hydrogens is 301 g/mol. The van der Waals surface area contributed by atoms with Crippen LogP contribution in [0.1, 0.15) is 23.8 Å². The van der Waals surface area contributed by atoms with Crippen molar-refractivity contribution < 1.29 is 18.4 Å². The Hall–Kier alpha value is -2.41. The fourth-order valence-electron chi connectivity index (χ4n) is 2.67. The fourth-order valence-corrected chi connectivity index (χ4v) is 2.67. The van der Waals surface area contributed by atoms with Gasteiger partial charge in [-0.05, 0) is 31.0 Å². The third-order valence-electron chi connectivity index (χ3n) is 3.81. The van der Waals surface area contributed by atoms with Crippen molar-refractivity contribution in [3.05, 3.63) is 47.5 Å². The number of hydrogen-bond donors (Lipinski definition) is 2. The maximum atomic E-state index is 13.0. The standard InChI is InChI=1S/C16H18FN3O3/c1-10-8-14(20-23-10)19-16(21)18-9-12-6-7-22-15(12)11-2-4-13(17)5-3-11/h2-5,8,12,15H,6-7,9H2,1H3,(H2,18,19,20,21)/t12-,15-/m0/s1. The van der Waals surface area contributed by atoms with E-state index in [1.807, 2.05) is 0 Å². The summed E-state index contributed by atoms with van der Waals surface area (Å²) in [4.78, 5) is 11.9. The molecule has 0 radical (unpaired) electrons. The van der Waals surface area contributed by atoms with Crippen LogP contribution in [-0.2, 0) is 4.74 Å². The Morgan fingerprint density at radius 1 is 1.39 bits per heavy atom. The van der Waals surface area contributed by atoms with Crippen LogP contribution in [0.3, 0.4) is 0 Å². The first kappa shape index (κ1) is 15.5. The molecule has 3 rings (SSSR count). The van der Waals surface area contributed by atoms with Crippen molar-refractivity contribution >= 4 is 11.8 Å². The molecule has 2 heterocycles. The second kappa shape index (κ2) is 6.78. The Morgan fingerprint density at radius 2 is 2.17 bits per heavy atom. The molecule has 2 atom stereocenters. The number of nitrogens with zero attached hydrogens (tertiary/aromatic N) is 1. The maximum Gasteiger partial charge on any atom is 0.320 e. The van der Waals surface area contributed by atoms with E-state index in [9.17, 15) is 9.18 Å². The largest absolute Gasteiger partial charge is 0.373 e. The van der Waals surface area contributed by atoms with E-state index in [-0.39, 0.29) is 23.9 Å². The van der Waals surface area contributed by atoms with Crippen LogP contribution in [-0.4, -0.2) is 24.3 Å². The lowest BCUT2D eigenvalue weighted by atomic mass is 9.95. The number of aromatic nitrogens is 1. The number of aryl methyl sites for hydroxylation is 1. The summed E-state index contributed by atoms with van der Waals surface area (Å²) in [5.74, 6) is 0.868. The predicted octanol–water partition coefficient (Wildman–Crippen LogP) is 3.02. The van der Waals surface area contributed by atoms with E-state index >= 15 is 0 Å². The van der Waals surface area contributed by atoms with Gasteiger partial charge in [-0.2, -0.15) is 0 Å². The zero-order valence-electron chi connectivity index (χ0n) is 12.7. The number of amides is 2. The molecular formula is C16H18FN3O3. The van der Waals surface area contributed by atoms with Gasteiger partial charge in [0.2, 0.25) is 0 Å². The van der Waals surface area contributed by atoms with Gasteiger partial charge in [0.15, 0.2) is 5.82 Å². The van der Waals surface area contributed by atoms with Crippen LogP contribution in [0.5, 0.6) is 0 Å². The van der Waals surface area contributed by atoms with Crippen molar-refractivity contribution in [1.29, 1.82) is 0 Å². The fraction of sp³-hybridized carbons (Fsp3) is 0.375. The molecule has 1 aromatic heterocycles. The Balaban J connectivity index is 1.54. The summed E-state index contributed by atoms with van der Waals surface area (Å²) in [6.07, 6.45) is 0.705. The summed E-state index contributed by atoms with van der Waals surface area (Å²) in [5.41, 5.74) is 0.920. The molecule has 1 aliphatic heterocycles. The number of urea groups is 1. The first-order chi connectivity index (χ1) is 11.1. The van der Waals surface area contributed by atoms with Gasteiger partial charge in [-0.3, -0.25) is 5.32 Å². The molecule has 2 N–H and O–H groups in total. The van der Waals surface area contributed by atoms with Crippen LogP contribution < -0.4 is 10.6 Å². The van der Waals surface area contributed by atoms with Gasteiger partial charge in [0, 0.05) is 25.1 Å². The van der Waals surface area contributed by atoms with Gasteiger partial charge < -0.3 is 14.6 Å². The summed E-state index contributed by atoms with van der Waals surface area (Å²) in [7, 11) is 0. The van der Waals surface area contributed by atoms with E-state index in [2.05, 4.69) is 15.8 Å². The molecule has 6 nitrogen and oxygen atoms in total. The molecule has 7 heteroatoms. The molecule has 0 unspecified atom stereocenters. The van der Waals surface area contributed by atoms with Gasteiger partial charge in [-0.25, -0.2) is 9.18 Å². The van der Waals surface area contributed by atoms with Crippen molar-refractivity contribution in [1.82, 2.24) is 10.5 Å². The number of benzene rings is 1. The van der Waals surface area contributed by atoms with Crippen LogP contribution in [0.25, 0.3) is 0 Å². The molecule has 122 valence electrons. The topological polar surface area (TPSA) is 76.4 Å². The minimum atomic E-state index is -0.344. The molecule has 1 aromatic carbocycles. The van der Waals surface area contributed by atoms with Crippen LogP contribution in [0.15, 0.2) is 34.9 Å². The highest BCUT2D eigenvalue weighted by molar-refractivity contribution is 5.88. The highest BCUT2D eigenvalue weighted by atomic mass is 19.1. The smallest absolute Gasteiger partial charge is 0.320 e. The van der Waals surface area contributed by atoms with E-state index < -0.39 is 0 Å². The normalized spacial score (nSPS) is 20.4. The monoisotopic (exact) mass is 319 g/mol. The second-order valence-electron chi connectivity index (χ2n) is 5.55. The first-order valence-corrected chi connectivity index (χ1v) is 7.47. The highest BCUT2D eigenvalue weighted by Gasteiger charge is 2.29. The van der Waals surface area contributed by atoms with Gasteiger partial charge >= 0.3 is 6.03 Å². The highest BCUT2D eigenvalue weighted by Crippen LogP contribution is 2.34. The Kier molecular flexibility index (Phi) is 4.57. The molecule has 1 aliphatic rings. The van der Waals surface area contributed by atoms with Crippen molar-refractivity contribution in [2.75, 3.05) is 18.5 Å². The lowest BCUT2D eigenvalue weighted by Gasteiger charge is -2.19. The van der Waals surface area contributed by atoms with E-state index in [1.54, 1.807) is 25.1 Å². The number of anilines is 1. The summed E-state index contributed by atoms with van der Waals surface area (Å²) >= 11 is 0. The number of nitrogens with one attached hydrogen (secondary N) is 2. The Labute approximate surface area is 133 Å². The number of hydrogen-bond acceptors (Lipinski definition) is 4. The van der Waals surface area contributed by atoms with Crippen molar-refractivity contribution in [2.24, 2.45) is 5.92 Å². The molecule has 0 bridgehead atoms. The molecule has 2 aromatic rings. The Bertz CT molecular complexity index is 671. The Morgan fingerprint density at radius 3 is 2.87 bits per heavy atom. The van der Waals surface area contributed by atoms with E-state index in [1.165, 1.54) is 12.1 Å². The number of halogens is 1. The average Bonchev–Trinajstić information content (AvgIpc) is 3.15. The number of carbonyl (C=O) groups is 1.